The van der Waals surface area contributed by atoms with E-state index in [1.165, 1.54) is 6.07 Å². The van der Waals surface area contributed by atoms with Crippen LogP contribution in [0.1, 0.15) is 36.7 Å². The van der Waals surface area contributed by atoms with Gasteiger partial charge in [-0.1, -0.05) is 0 Å². The Labute approximate surface area is 170 Å². The molecule has 0 unspecified atom stereocenters. The van der Waals surface area contributed by atoms with Gasteiger partial charge in [-0.25, -0.2) is 4.39 Å². The van der Waals surface area contributed by atoms with Gasteiger partial charge in [-0.15, -0.1) is 0 Å². The van der Waals surface area contributed by atoms with Crippen LogP contribution in [-0.4, -0.2) is 24.9 Å². The molecule has 5 nitrogen and oxygen atoms in total. The molecule has 3 aromatic rings. The van der Waals surface area contributed by atoms with E-state index in [-0.39, 0.29) is 11.9 Å². The molecule has 0 fully saturated rings. The van der Waals surface area contributed by atoms with Crippen molar-refractivity contribution in [3.8, 4) is 22.9 Å². The Balaban J connectivity index is 1.83. The fraction of sp³-hybridized carbons (Fsp3) is 0.304. The van der Waals surface area contributed by atoms with Crippen LogP contribution in [0.4, 0.5) is 4.39 Å². The number of rotatable bonds is 6. The van der Waals surface area contributed by atoms with Crippen LogP contribution < -0.4 is 19.5 Å². The van der Waals surface area contributed by atoms with E-state index in [0.717, 1.165) is 28.4 Å². The first-order valence-corrected chi connectivity index (χ1v) is 9.93. The summed E-state index contributed by atoms with van der Waals surface area (Å²) in [5.74, 6) is 1.86. The molecular weight excluding hydrogens is 371 g/mol. The number of benzene rings is 2. The Morgan fingerprint density at radius 3 is 2.55 bits per heavy atom. The second-order valence-corrected chi connectivity index (χ2v) is 6.90. The lowest BCUT2D eigenvalue weighted by Gasteiger charge is -2.17. The third kappa shape index (κ3) is 3.56. The number of hydrogen-bond donors (Lipinski definition) is 1. The Morgan fingerprint density at radius 2 is 1.83 bits per heavy atom. The first kappa shape index (κ1) is 19.3. The summed E-state index contributed by atoms with van der Waals surface area (Å²) in [7, 11) is 1.59. The normalized spacial score (nSPS) is 15.2. The second kappa shape index (κ2) is 8.17. The number of quaternary nitrogens is 1. The lowest BCUT2D eigenvalue weighted by molar-refractivity contribution is -0.702. The SMILES string of the molecule is CCOc1cc2c(cc1OCC)-n1cccc1[C@H](c1cc(OC)ccc1F)[NH2+]C2. The minimum atomic E-state index is -0.240. The van der Waals surface area contributed by atoms with Crippen molar-refractivity contribution in [1.29, 1.82) is 0 Å². The molecule has 0 radical (unpaired) electrons. The summed E-state index contributed by atoms with van der Waals surface area (Å²) in [4.78, 5) is 0. The summed E-state index contributed by atoms with van der Waals surface area (Å²) in [6.45, 7) is 5.72. The van der Waals surface area contributed by atoms with Crippen LogP contribution >= 0.6 is 0 Å². The molecule has 2 N–H and O–H groups in total. The number of aromatic nitrogens is 1. The van der Waals surface area contributed by atoms with Crippen molar-refractivity contribution in [2.75, 3.05) is 20.3 Å². The van der Waals surface area contributed by atoms with Gasteiger partial charge in [-0.05, 0) is 50.2 Å². The van der Waals surface area contributed by atoms with Crippen LogP contribution in [0.15, 0.2) is 48.7 Å². The van der Waals surface area contributed by atoms with Gasteiger partial charge in [0.15, 0.2) is 17.5 Å². The Bertz CT molecular complexity index is 1020. The molecule has 0 saturated carbocycles. The number of fused-ring (bicyclic) bond motifs is 3. The maximum Gasteiger partial charge on any atom is 0.163 e. The summed E-state index contributed by atoms with van der Waals surface area (Å²) in [5, 5.41) is 2.14. The highest BCUT2D eigenvalue weighted by atomic mass is 19.1. The van der Waals surface area contributed by atoms with Crippen molar-refractivity contribution in [3.05, 3.63) is 71.3 Å². The van der Waals surface area contributed by atoms with Crippen LogP contribution in [0.5, 0.6) is 17.2 Å². The molecule has 29 heavy (non-hydrogen) atoms. The topological polar surface area (TPSA) is 49.2 Å². The lowest BCUT2D eigenvalue weighted by Crippen LogP contribution is -2.83. The van der Waals surface area contributed by atoms with Gasteiger partial charge < -0.3 is 24.1 Å². The van der Waals surface area contributed by atoms with E-state index >= 15 is 0 Å². The van der Waals surface area contributed by atoms with Gasteiger partial charge in [-0.2, -0.15) is 0 Å². The highest BCUT2D eigenvalue weighted by Crippen LogP contribution is 2.36. The van der Waals surface area contributed by atoms with Gasteiger partial charge >= 0.3 is 0 Å². The lowest BCUT2D eigenvalue weighted by atomic mass is 10.0. The summed E-state index contributed by atoms with van der Waals surface area (Å²) < 4.78 is 33.8. The van der Waals surface area contributed by atoms with E-state index in [0.29, 0.717) is 31.1 Å². The molecular formula is C23H26FN2O3+. The van der Waals surface area contributed by atoms with E-state index < -0.39 is 0 Å². The van der Waals surface area contributed by atoms with E-state index in [1.54, 1.807) is 19.2 Å². The summed E-state index contributed by atoms with van der Waals surface area (Å²) in [6.07, 6.45) is 2.01. The first-order chi connectivity index (χ1) is 14.2. The fourth-order valence-corrected chi connectivity index (χ4v) is 3.92. The van der Waals surface area contributed by atoms with Gasteiger partial charge in [0.05, 0.1) is 37.3 Å². The molecule has 0 bridgehead atoms. The zero-order valence-electron chi connectivity index (χ0n) is 16.9. The van der Waals surface area contributed by atoms with E-state index in [4.69, 9.17) is 14.2 Å². The standard InChI is InChI=1S/C23H25FN2O3/c1-4-28-21-11-15-14-25-23(17-12-16(27-3)8-9-18(17)24)19-7-6-10-26(19)20(15)13-22(21)29-5-2/h6-13,23,25H,4-5,14H2,1-3H3/p+1/t23-/m0/s1. The van der Waals surface area contributed by atoms with Crippen molar-refractivity contribution in [2.45, 2.75) is 26.4 Å². The number of nitrogens with zero attached hydrogens (tertiary/aromatic N) is 1. The Hall–Kier alpha value is -2.99. The number of halogens is 1. The van der Waals surface area contributed by atoms with Gasteiger partial charge in [0.2, 0.25) is 0 Å². The minimum Gasteiger partial charge on any atom is -0.497 e. The summed E-state index contributed by atoms with van der Waals surface area (Å²) in [6, 6.07) is 12.8. The smallest absolute Gasteiger partial charge is 0.163 e. The van der Waals surface area contributed by atoms with E-state index in [2.05, 4.69) is 9.88 Å². The van der Waals surface area contributed by atoms with Crippen LogP contribution in [0.25, 0.3) is 5.69 Å². The molecule has 1 atom stereocenters. The molecule has 1 aromatic heterocycles. The number of nitrogens with two attached hydrogens (primary N) is 1. The van der Waals surface area contributed by atoms with Crippen molar-refractivity contribution >= 4 is 0 Å². The molecule has 1 aliphatic rings. The minimum absolute atomic E-state index is 0.196. The predicted octanol–water partition coefficient (Wildman–Crippen LogP) is 3.59. The average Bonchev–Trinajstić information content (AvgIpc) is 3.15. The van der Waals surface area contributed by atoms with Gasteiger partial charge in [0, 0.05) is 17.8 Å². The van der Waals surface area contributed by atoms with Crippen molar-refractivity contribution in [1.82, 2.24) is 4.57 Å². The Kier molecular flexibility index (Phi) is 5.45. The molecule has 0 saturated heterocycles. The third-order valence-corrected chi connectivity index (χ3v) is 5.21. The zero-order chi connectivity index (χ0) is 20.4. The number of hydrogen-bond acceptors (Lipinski definition) is 3. The third-order valence-electron chi connectivity index (χ3n) is 5.21. The summed E-state index contributed by atoms with van der Waals surface area (Å²) >= 11 is 0. The quantitative estimate of drug-likeness (QED) is 0.692. The maximum absolute atomic E-state index is 14.8. The average molecular weight is 397 g/mol. The van der Waals surface area contributed by atoms with Crippen LogP contribution in [0.2, 0.25) is 0 Å². The molecule has 1 aliphatic heterocycles. The van der Waals surface area contributed by atoms with Gasteiger partial charge in [0.25, 0.3) is 0 Å². The van der Waals surface area contributed by atoms with E-state index in [1.807, 2.05) is 44.3 Å². The van der Waals surface area contributed by atoms with Crippen molar-refractivity contribution < 1.29 is 23.9 Å². The highest BCUT2D eigenvalue weighted by Gasteiger charge is 2.30. The molecule has 2 heterocycles. The maximum atomic E-state index is 14.8. The molecule has 0 aliphatic carbocycles. The highest BCUT2D eigenvalue weighted by molar-refractivity contribution is 5.56. The van der Waals surface area contributed by atoms with Crippen LogP contribution in [-0.2, 0) is 6.54 Å². The molecule has 0 amide bonds. The second-order valence-electron chi connectivity index (χ2n) is 6.90. The molecule has 4 rings (SSSR count). The summed E-state index contributed by atoms with van der Waals surface area (Å²) in [5.41, 5.74) is 3.74. The van der Waals surface area contributed by atoms with Crippen molar-refractivity contribution in [3.63, 3.8) is 0 Å². The Morgan fingerprint density at radius 1 is 1.07 bits per heavy atom. The van der Waals surface area contributed by atoms with Crippen LogP contribution in [0.3, 0.4) is 0 Å². The van der Waals surface area contributed by atoms with Crippen molar-refractivity contribution in [2.24, 2.45) is 0 Å². The monoisotopic (exact) mass is 397 g/mol. The molecule has 0 spiro atoms. The first-order valence-electron chi connectivity index (χ1n) is 9.93. The van der Waals surface area contributed by atoms with Gasteiger partial charge in [-0.3, -0.25) is 0 Å². The van der Waals surface area contributed by atoms with E-state index in [9.17, 15) is 4.39 Å². The largest absolute Gasteiger partial charge is 0.497 e. The number of methoxy groups -OCH3 is 1. The number of ether oxygens (including phenoxy) is 3. The zero-order valence-corrected chi connectivity index (χ0v) is 16.9. The van der Waals surface area contributed by atoms with Crippen LogP contribution in [0, 0.1) is 5.82 Å². The fourth-order valence-electron chi connectivity index (χ4n) is 3.92. The van der Waals surface area contributed by atoms with Gasteiger partial charge in [0.1, 0.15) is 18.1 Å². The molecule has 152 valence electrons. The predicted molar refractivity (Wildman–Crippen MR) is 109 cm³/mol. The molecule has 6 heteroatoms. The molecule has 2 aromatic carbocycles.